The van der Waals surface area contributed by atoms with Crippen LogP contribution in [0.2, 0.25) is 0 Å². The second-order valence-corrected chi connectivity index (χ2v) is 5.90. The van der Waals surface area contributed by atoms with E-state index in [1.54, 1.807) is 11.3 Å². The minimum Gasteiger partial charge on any atom is -0.388 e. The van der Waals surface area contributed by atoms with E-state index in [0.29, 0.717) is 32.6 Å². The maximum atomic E-state index is 11.7. The van der Waals surface area contributed by atoms with Crippen LogP contribution in [0, 0.1) is 6.92 Å². The number of carbonyl (C=O) groups excluding carboxylic acids is 1. The van der Waals surface area contributed by atoms with Gasteiger partial charge in [-0.1, -0.05) is 0 Å². The number of nitrogens with one attached hydrogen (secondary N) is 2. The molecule has 1 fully saturated rings. The van der Waals surface area contributed by atoms with Crippen LogP contribution in [0.3, 0.4) is 0 Å². The summed E-state index contributed by atoms with van der Waals surface area (Å²) in [6.07, 6.45) is 1.13. The van der Waals surface area contributed by atoms with Crippen LogP contribution in [0.5, 0.6) is 0 Å². The lowest BCUT2D eigenvalue weighted by Gasteiger charge is -2.32. The number of hydrogen-bond acceptors (Lipinski definition) is 4. The van der Waals surface area contributed by atoms with Gasteiger partial charge in [-0.15, -0.1) is 11.3 Å². The van der Waals surface area contributed by atoms with Gasteiger partial charge in [-0.05, 0) is 23.9 Å². The van der Waals surface area contributed by atoms with Gasteiger partial charge in [0.05, 0.1) is 12.1 Å². The zero-order valence-corrected chi connectivity index (χ0v) is 11.9. The van der Waals surface area contributed by atoms with E-state index >= 15 is 0 Å². The summed E-state index contributed by atoms with van der Waals surface area (Å²) in [6.45, 7) is 3.92. The van der Waals surface area contributed by atoms with Crippen molar-refractivity contribution in [1.82, 2.24) is 10.6 Å². The van der Waals surface area contributed by atoms with Crippen molar-refractivity contribution in [1.29, 1.82) is 0 Å². The van der Waals surface area contributed by atoms with Crippen molar-refractivity contribution in [2.24, 2.45) is 0 Å². The first-order chi connectivity index (χ1) is 9.09. The molecule has 0 aromatic carbocycles. The van der Waals surface area contributed by atoms with Crippen LogP contribution in [0.25, 0.3) is 0 Å². The van der Waals surface area contributed by atoms with E-state index in [-0.39, 0.29) is 12.6 Å². The molecule has 0 unspecified atom stereocenters. The molecule has 3 N–H and O–H groups in total. The average Bonchev–Trinajstić information content (AvgIpc) is 2.81. The molecule has 0 aliphatic carbocycles. The predicted molar refractivity (Wildman–Crippen MR) is 74.3 cm³/mol. The first-order valence-corrected chi connectivity index (χ1v) is 7.32. The average molecular weight is 284 g/mol. The fraction of sp³-hybridized carbons (Fsp3) is 0.615. The highest BCUT2D eigenvalue weighted by Crippen LogP contribution is 2.19. The Labute approximate surface area is 117 Å². The van der Waals surface area contributed by atoms with Crippen LogP contribution in [0.1, 0.15) is 23.3 Å². The molecule has 2 heterocycles. The SMILES string of the molecule is Cc1ccsc1CNC(=O)NCC1(O)CCOCC1. The van der Waals surface area contributed by atoms with Gasteiger partial charge in [0.2, 0.25) is 0 Å². The van der Waals surface area contributed by atoms with Crippen molar-refractivity contribution in [3.8, 4) is 0 Å². The van der Waals surface area contributed by atoms with Gasteiger partial charge in [0, 0.05) is 37.5 Å². The van der Waals surface area contributed by atoms with E-state index in [2.05, 4.69) is 10.6 Å². The van der Waals surface area contributed by atoms with Gasteiger partial charge in [0.15, 0.2) is 0 Å². The Balaban J connectivity index is 1.71. The maximum absolute atomic E-state index is 11.7. The number of rotatable bonds is 4. The summed E-state index contributed by atoms with van der Waals surface area (Å²) in [4.78, 5) is 12.8. The third-order valence-corrected chi connectivity index (χ3v) is 4.40. The largest absolute Gasteiger partial charge is 0.388 e. The molecular formula is C13H20N2O3S. The van der Waals surface area contributed by atoms with E-state index in [1.165, 1.54) is 5.56 Å². The molecule has 0 atom stereocenters. The summed E-state index contributed by atoms with van der Waals surface area (Å²) in [6, 6.07) is 1.79. The molecule has 0 spiro atoms. The topological polar surface area (TPSA) is 70.6 Å². The molecule has 106 valence electrons. The Hall–Kier alpha value is -1.11. The Morgan fingerprint density at radius 3 is 2.84 bits per heavy atom. The number of aliphatic hydroxyl groups is 1. The van der Waals surface area contributed by atoms with Gasteiger partial charge < -0.3 is 20.5 Å². The fourth-order valence-corrected chi connectivity index (χ4v) is 2.83. The van der Waals surface area contributed by atoms with Crippen LogP contribution in [-0.2, 0) is 11.3 Å². The molecule has 1 aliphatic heterocycles. The molecule has 1 aromatic heterocycles. The van der Waals surface area contributed by atoms with Crippen molar-refractivity contribution in [2.75, 3.05) is 19.8 Å². The Morgan fingerprint density at radius 1 is 1.47 bits per heavy atom. The lowest BCUT2D eigenvalue weighted by molar-refractivity contribution is -0.0600. The lowest BCUT2D eigenvalue weighted by atomic mass is 9.94. The number of urea groups is 1. The third-order valence-electron chi connectivity index (χ3n) is 3.38. The second-order valence-electron chi connectivity index (χ2n) is 4.90. The minimum atomic E-state index is -0.825. The zero-order valence-electron chi connectivity index (χ0n) is 11.1. The van der Waals surface area contributed by atoms with Crippen LogP contribution in [0.15, 0.2) is 11.4 Å². The lowest BCUT2D eigenvalue weighted by Crippen LogP contribution is -2.48. The molecule has 19 heavy (non-hydrogen) atoms. The number of thiophene rings is 1. The van der Waals surface area contributed by atoms with E-state index in [9.17, 15) is 9.90 Å². The fourth-order valence-electron chi connectivity index (χ4n) is 1.98. The van der Waals surface area contributed by atoms with Crippen LogP contribution < -0.4 is 10.6 Å². The highest BCUT2D eigenvalue weighted by Gasteiger charge is 2.29. The van der Waals surface area contributed by atoms with Gasteiger partial charge in [0.1, 0.15) is 0 Å². The normalized spacial score (nSPS) is 18.0. The van der Waals surface area contributed by atoms with Crippen molar-refractivity contribution in [3.05, 3.63) is 21.9 Å². The maximum Gasteiger partial charge on any atom is 0.315 e. The molecule has 6 heteroatoms. The Kier molecular flexibility index (Phi) is 4.79. The van der Waals surface area contributed by atoms with Crippen LogP contribution in [0.4, 0.5) is 4.79 Å². The standard InChI is InChI=1S/C13H20N2O3S/c1-10-2-7-19-11(10)8-14-12(16)15-9-13(17)3-5-18-6-4-13/h2,7,17H,3-6,8-9H2,1H3,(H2,14,15,16). The van der Waals surface area contributed by atoms with Gasteiger partial charge in [-0.25, -0.2) is 4.79 Å². The molecule has 0 radical (unpaired) electrons. The summed E-state index contributed by atoms with van der Waals surface area (Å²) in [7, 11) is 0. The van der Waals surface area contributed by atoms with Crippen molar-refractivity contribution in [2.45, 2.75) is 31.9 Å². The predicted octanol–water partition coefficient (Wildman–Crippen LogP) is 1.40. The highest BCUT2D eigenvalue weighted by atomic mass is 32.1. The van der Waals surface area contributed by atoms with Crippen molar-refractivity contribution < 1.29 is 14.6 Å². The Bertz CT molecular complexity index is 427. The van der Waals surface area contributed by atoms with E-state index in [0.717, 1.165) is 4.88 Å². The molecule has 0 bridgehead atoms. The number of carbonyl (C=O) groups is 1. The molecule has 1 aliphatic rings. The quantitative estimate of drug-likeness (QED) is 0.782. The summed E-state index contributed by atoms with van der Waals surface area (Å²) in [5, 5.41) is 17.7. The molecular weight excluding hydrogens is 264 g/mol. The van der Waals surface area contributed by atoms with Gasteiger partial charge >= 0.3 is 6.03 Å². The Morgan fingerprint density at radius 2 is 2.21 bits per heavy atom. The number of aryl methyl sites for hydroxylation is 1. The molecule has 2 rings (SSSR count). The first kappa shape index (κ1) is 14.3. The second kappa shape index (κ2) is 6.36. The summed E-state index contributed by atoms with van der Waals surface area (Å²) < 4.78 is 5.19. The van der Waals surface area contributed by atoms with E-state index < -0.39 is 5.60 Å². The summed E-state index contributed by atoms with van der Waals surface area (Å²) >= 11 is 1.63. The van der Waals surface area contributed by atoms with Gasteiger partial charge in [-0.3, -0.25) is 0 Å². The van der Waals surface area contributed by atoms with Crippen molar-refractivity contribution >= 4 is 17.4 Å². The van der Waals surface area contributed by atoms with Crippen LogP contribution >= 0.6 is 11.3 Å². The van der Waals surface area contributed by atoms with Crippen molar-refractivity contribution in [3.63, 3.8) is 0 Å². The van der Waals surface area contributed by atoms with Crippen LogP contribution in [-0.4, -0.2) is 36.5 Å². The molecule has 2 amide bonds. The summed E-state index contributed by atoms with van der Waals surface area (Å²) in [5.74, 6) is 0. The number of hydrogen-bond donors (Lipinski definition) is 3. The molecule has 1 aromatic rings. The summed E-state index contributed by atoms with van der Waals surface area (Å²) in [5.41, 5.74) is 0.363. The molecule has 5 nitrogen and oxygen atoms in total. The molecule has 1 saturated heterocycles. The number of amides is 2. The van der Waals surface area contributed by atoms with Gasteiger partial charge in [0.25, 0.3) is 0 Å². The number of ether oxygens (including phenoxy) is 1. The monoisotopic (exact) mass is 284 g/mol. The zero-order chi connectivity index (χ0) is 13.7. The smallest absolute Gasteiger partial charge is 0.315 e. The first-order valence-electron chi connectivity index (χ1n) is 6.44. The van der Waals surface area contributed by atoms with Gasteiger partial charge in [-0.2, -0.15) is 0 Å². The third kappa shape index (κ3) is 4.19. The van der Waals surface area contributed by atoms with E-state index in [1.807, 2.05) is 18.4 Å². The highest BCUT2D eigenvalue weighted by molar-refractivity contribution is 7.10. The molecule has 0 saturated carbocycles. The van der Waals surface area contributed by atoms with E-state index in [4.69, 9.17) is 4.74 Å². The minimum absolute atomic E-state index is 0.243.